The number of carbonyl (C=O) groups is 1. The molecule has 0 radical (unpaired) electrons. The van der Waals surface area contributed by atoms with Gasteiger partial charge in [-0.2, -0.15) is 5.10 Å². The molecular weight excluding hydrogens is 266 g/mol. The van der Waals surface area contributed by atoms with Crippen molar-refractivity contribution in [3.63, 3.8) is 0 Å². The Kier molecular flexibility index (Phi) is 4.12. The van der Waals surface area contributed by atoms with Gasteiger partial charge in [0.1, 0.15) is 17.3 Å². The van der Waals surface area contributed by atoms with Gasteiger partial charge in [0.2, 0.25) is 0 Å². The third-order valence-corrected chi connectivity index (χ3v) is 3.18. The normalized spacial score (nSPS) is 10.4. The fourth-order valence-corrected chi connectivity index (χ4v) is 2.19. The number of aldehydes is 1. The Labute approximate surface area is 124 Å². The summed E-state index contributed by atoms with van der Waals surface area (Å²) in [5, 5.41) is 4.46. The molecule has 0 aliphatic heterocycles. The second-order valence-electron chi connectivity index (χ2n) is 5.08. The molecule has 0 aliphatic rings. The third kappa shape index (κ3) is 2.81. The number of anilines is 1. The number of ether oxygens (including phenoxy) is 1. The largest absolute Gasteiger partial charge is 0.496 e. The molecule has 0 amide bonds. The van der Waals surface area contributed by atoms with Crippen molar-refractivity contribution in [2.75, 3.05) is 12.8 Å². The summed E-state index contributed by atoms with van der Waals surface area (Å²) in [6.07, 6.45) is 0.731. The molecule has 1 aromatic carbocycles. The van der Waals surface area contributed by atoms with Crippen LogP contribution in [0.15, 0.2) is 30.4 Å². The SMILES string of the molecule is C=C(C)Cn1nc(-c2cc(C)ccc2OC)c(C=O)c1N. The van der Waals surface area contributed by atoms with E-state index in [0.717, 1.165) is 23.0 Å². The topological polar surface area (TPSA) is 70.1 Å². The number of carbonyl (C=O) groups excluding carboxylic acids is 1. The van der Waals surface area contributed by atoms with Crippen molar-refractivity contribution in [3.05, 3.63) is 41.5 Å². The molecule has 0 aliphatic carbocycles. The van der Waals surface area contributed by atoms with Gasteiger partial charge in [-0.15, -0.1) is 0 Å². The molecule has 0 atom stereocenters. The number of methoxy groups -OCH3 is 1. The van der Waals surface area contributed by atoms with E-state index in [2.05, 4.69) is 11.7 Å². The fraction of sp³-hybridized carbons (Fsp3) is 0.250. The molecule has 0 saturated carbocycles. The number of nitrogen functional groups attached to an aromatic ring is 1. The molecule has 110 valence electrons. The number of hydrogen-bond donors (Lipinski definition) is 1. The van der Waals surface area contributed by atoms with E-state index < -0.39 is 0 Å². The molecular formula is C16H19N3O2. The quantitative estimate of drug-likeness (QED) is 0.677. The van der Waals surface area contributed by atoms with Crippen molar-refractivity contribution >= 4 is 12.1 Å². The van der Waals surface area contributed by atoms with Gasteiger partial charge >= 0.3 is 0 Å². The minimum absolute atomic E-state index is 0.339. The maximum atomic E-state index is 11.4. The first kappa shape index (κ1) is 14.8. The van der Waals surface area contributed by atoms with Crippen LogP contribution in [0.4, 0.5) is 5.82 Å². The summed E-state index contributed by atoms with van der Waals surface area (Å²) in [6, 6.07) is 5.73. The van der Waals surface area contributed by atoms with E-state index in [1.54, 1.807) is 11.8 Å². The molecule has 0 spiro atoms. The van der Waals surface area contributed by atoms with Crippen LogP contribution in [0.1, 0.15) is 22.8 Å². The molecule has 2 N–H and O–H groups in total. The number of nitrogens with zero attached hydrogens (tertiary/aromatic N) is 2. The van der Waals surface area contributed by atoms with Gasteiger partial charge < -0.3 is 10.5 Å². The van der Waals surface area contributed by atoms with Crippen LogP contribution in [0.25, 0.3) is 11.3 Å². The highest BCUT2D eigenvalue weighted by molar-refractivity contribution is 5.93. The van der Waals surface area contributed by atoms with Gasteiger partial charge in [-0.1, -0.05) is 23.8 Å². The second kappa shape index (κ2) is 5.83. The summed E-state index contributed by atoms with van der Waals surface area (Å²) >= 11 is 0. The molecule has 5 nitrogen and oxygen atoms in total. The lowest BCUT2D eigenvalue weighted by atomic mass is 10.0. The van der Waals surface area contributed by atoms with E-state index in [4.69, 9.17) is 10.5 Å². The van der Waals surface area contributed by atoms with Crippen molar-refractivity contribution in [3.8, 4) is 17.0 Å². The monoisotopic (exact) mass is 285 g/mol. The van der Waals surface area contributed by atoms with Crippen molar-refractivity contribution in [1.82, 2.24) is 9.78 Å². The fourth-order valence-electron chi connectivity index (χ4n) is 2.19. The van der Waals surface area contributed by atoms with Crippen LogP contribution in [0.3, 0.4) is 0 Å². The molecule has 0 fully saturated rings. The Morgan fingerprint density at radius 3 is 2.81 bits per heavy atom. The highest BCUT2D eigenvalue weighted by Crippen LogP contribution is 2.34. The molecule has 0 unspecified atom stereocenters. The molecule has 2 rings (SSSR count). The molecule has 0 saturated heterocycles. The van der Waals surface area contributed by atoms with E-state index in [1.807, 2.05) is 32.0 Å². The van der Waals surface area contributed by atoms with Crippen molar-refractivity contribution in [2.24, 2.45) is 0 Å². The van der Waals surface area contributed by atoms with Crippen LogP contribution >= 0.6 is 0 Å². The zero-order valence-electron chi connectivity index (χ0n) is 12.5. The van der Waals surface area contributed by atoms with Gasteiger partial charge in [-0.05, 0) is 26.0 Å². The van der Waals surface area contributed by atoms with Crippen LogP contribution in [0.5, 0.6) is 5.75 Å². The Balaban J connectivity index is 2.66. The number of aromatic nitrogens is 2. The molecule has 1 heterocycles. The Morgan fingerprint density at radius 1 is 1.52 bits per heavy atom. The number of aryl methyl sites for hydroxylation is 1. The average molecular weight is 285 g/mol. The molecule has 2 aromatic rings. The van der Waals surface area contributed by atoms with E-state index >= 15 is 0 Å². The van der Waals surface area contributed by atoms with Crippen molar-refractivity contribution < 1.29 is 9.53 Å². The maximum Gasteiger partial charge on any atom is 0.156 e. The zero-order chi connectivity index (χ0) is 15.6. The van der Waals surface area contributed by atoms with Gasteiger partial charge in [0.25, 0.3) is 0 Å². The standard InChI is InChI=1S/C16H19N3O2/c1-10(2)8-19-16(17)13(9-20)15(18-19)12-7-11(3)5-6-14(12)21-4/h5-7,9H,1,8,17H2,2-4H3. The van der Waals surface area contributed by atoms with Crippen LogP contribution in [-0.2, 0) is 6.54 Å². The first-order chi connectivity index (χ1) is 9.97. The lowest BCUT2D eigenvalue weighted by Gasteiger charge is -2.07. The summed E-state index contributed by atoms with van der Waals surface area (Å²) in [6.45, 7) is 8.17. The van der Waals surface area contributed by atoms with Gasteiger partial charge in [-0.25, -0.2) is 4.68 Å². The van der Waals surface area contributed by atoms with E-state index in [-0.39, 0.29) is 0 Å². The summed E-state index contributed by atoms with van der Waals surface area (Å²) in [5.41, 5.74) is 9.64. The van der Waals surface area contributed by atoms with Gasteiger partial charge in [0.05, 0.1) is 19.2 Å². The summed E-state index contributed by atoms with van der Waals surface area (Å²) < 4.78 is 6.95. The Bertz CT molecular complexity index is 702. The second-order valence-corrected chi connectivity index (χ2v) is 5.08. The lowest BCUT2D eigenvalue weighted by molar-refractivity contribution is 0.112. The van der Waals surface area contributed by atoms with Crippen LogP contribution in [0.2, 0.25) is 0 Å². The lowest BCUT2D eigenvalue weighted by Crippen LogP contribution is -2.05. The van der Waals surface area contributed by atoms with Crippen LogP contribution in [-0.4, -0.2) is 23.2 Å². The highest BCUT2D eigenvalue weighted by atomic mass is 16.5. The molecule has 1 aromatic heterocycles. The van der Waals surface area contributed by atoms with Crippen molar-refractivity contribution in [1.29, 1.82) is 0 Å². The first-order valence-corrected chi connectivity index (χ1v) is 6.58. The van der Waals surface area contributed by atoms with Gasteiger partial charge in [-0.3, -0.25) is 4.79 Å². The predicted molar refractivity (Wildman–Crippen MR) is 83.6 cm³/mol. The molecule has 0 bridgehead atoms. The minimum atomic E-state index is 0.339. The number of allylic oxidation sites excluding steroid dienone is 1. The third-order valence-electron chi connectivity index (χ3n) is 3.18. The summed E-state index contributed by atoms with van der Waals surface area (Å²) in [7, 11) is 1.59. The smallest absolute Gasteiger partial charge is 0.156 e. The summed E-state index contributed by atoms with van der Waals surface area (Å²) in [5.74, 6) is 0.996. The van der Waals surface area contributed by atoms with Crippen LogP contribution < -0.4 is 10.5 Å². The molecule has 5 heteroatoms. The van der Waals surface area contributed by atoms with Crippen LogP contribution in [0, 0.1) is 6.92 Å². The van der Waals surface area contributed by atoms with Gasteiger partial charge in [0, 0.05) is 5.56 Å². The van der Waals surface area contributed by atoms with Crippen molar-refractivity contribution in [2.45, 2.75) is 20.4 Å². The zero-order valence-corrected chi connectivity index (χ0v) is 12.5. The Morgan fingerprint density at radius 2 is 2.24 bits per heavy atom. The number of nitrogens with two attached hydrogens (primary N) is 1. The summed E-state index contributed by atoms with van der Waals surface area (Å²) in [4.78, 5) is 11.4. The van der Waals surface area contributed by atoms with E-state index in [9.17, 15) is 4.79 Å². The first-order valence-electron chi connectivity index (χ1n) is 6.58. The number of benzene rings is 1. The number of rotatable bonds is 5. The van der Waals surface area contributed by atoms with E-state index in [0.29, 0.717) is 29.4 Å². The molecule has 21 heavy (non-hydrogen) atoms. The van der Waals surface area contributed by atoms with E-state index in [1.165, 1.54) is 0 Å². The predicted octanol–water partition coefficient (Wildman–Crippen LogP) is 2.84. The average Bonchev–Trinajstić information content (AvgIpc) is 2.74. The number of hydrogen-bond acceptors (Lipinski definition) is 4. The minimum Gasteiger partial charge on any atom is -0.496 e. The highest BCUT2D eigenvalue weighted by Gasteiger charge is 2.19. The Hall–Kier alpha value is -2.56. The van der Waals surface area contributed by atoms with Gasteiger partial charge in [0.15, 0.2) is 6.29 Å². The maximum absolute atomic E-state index is 11.4.